The highest BCUT2D eigenvalue weighted by molar-refractivity contribution is 5.85. The lowest BCUT2D eigenvalue weighted by Crippen LogP contribution is -2.17. The SMILES string of the molecule is COC[C@@H]1CNC[C@H]1c1ccccn1.Cl. The smallest absolute Gasteiger partial charge is 0.0509 e. The van der Waals surface area contributed by atoms with Crippen LogP contribution in [0.15, 0.2) is 24.4 Å². The maximum Gasteiger partial charge on any atom is 0.0509 e. The minimum atomic E-state index is 0. The number of hydrogen-bond donors (Lipinski definition) is 1. The third-order valence-corrected chi connectivity index (χ3v) is 2.79. The van der Waals surface area contributed by atoms with E-state index < -0.39 is 0 Å². The van der Waals surface area contributed by atoms with Gasteiger partial charge in [0.05, 0.1) is 6.61 Å². The van der Waals surface area contributed by atoms with E-state index in [1.165, 1.54) is 5.69 Å². The van der Waals surface area contributed by atoms with E-state index in [9.17, 15) is 0 Å². The molecular formula is C11H17ClN2O. The molecule has 2 rings (SSSR count). The number of aromatic nitrogens is 1. The molecule has 2 heterocycles. The average molecular weight is 229 g/mol. The number of ether oxygens (including phenoxy) is 1. The molecule has 0 saturated carbocycles. The van der Waals surface area contributed by atoms with Crippen LogP contribution < -0.4 is 5.32 Å². The number of nitrogens with one attached hydrogen (secondary N) is 1. The lowest BCUT2D eigenvalue weighted by molar-refractivity contribution is 0.152. The van der Waals surface area contributed by atoms with E-state index in [1.54, 1.807) is 7.11 Å². The van der Waals surface area contributed by atoms with Crippen molar-refractivity contribution in [2.45, 2.75) is 5.92 Å². The van der Waals surface area contributed by atoms with E-state index in [-0.39, 0.29) is 12.4 Å². The quantitative estimate of drug-likeness (QED) is 0.851. The summed E-state index contributed by atoms with van der Waals surface area (Å²) in [7, 11) is 1.76. The Morgan fingerprint density at radius 1 is 1.47 bits per heavy atom. The predicted molar refractivity (Wildman–Crippen MR) is 62.5 cm³/mol. The summed E-state index contributed by atoms with van der Waals surface area (Å²) in [4.78, 5) is 4.40. The van der Waals surface area contributed by atoms with Gasteiger partial charge in [-0.25, -0.2) is 0 Å². The molecule has 1 aromatic heterocycles. The van der Waals surface area contributed by atoms with Crippen LogP contribution in [-0.4, -0.2) is 31.8 Å². The molecular weight excluding hydrogens is 212 g/mol. The highest BCUT2D eigenvalue weighted by Gasteiger charge is 2.28. The summed E-state index contributed by atoms with van der Waals surface area (Å²) in [6, 6.07) is 6.10. The second-order valence-corrected chi connectivity index (χ2v) is 3.73. The molecule has 0 aromatic carbocycles. The highest BCUT2D eigenvalue weighted by Crippen LogP contribution is 2.26. The normalized spacial score (nSPS) is 24.9. The molecule has 15 heavy (non-hydrogen) atoms. The van der Waals surface area contributed by atoms with Crippen molar-refractivity contribution < 1.29 is 4.74 Å². The highest BCUT2D eigenvalue weighted by atomic mass is 35.5. The van der Waals surface area contributed by atoms with Gasteiger partial charge in [-0.05, 0) is 12.1 Å². The van der Waals surface area contributed by atoms with Gasteiger partial charge < -0.3 is 10.1 Å². The van der Waals surface area contributed by atoms with Crippen LogP contribution in [0.3, 0.4) is 0 Å². The Bertz CT molecular complexity index is 281. The van der Waals surface area contributed by atoms with Crippen molar-refractivity contribution in [3.05, 3.63) is 30.1 Å². The molecule has 1 aliphatic rings. The molecule has 84 valence electrons. The van der Waals surface area contributed by atoms with Crippen LogP contribution in [0.5, 0.6) is 0 Å². The van der Waals surface area contributed by atoms with Crippen LogP contribution in [0.1, 0.15) is 11.6 Å². The van der Waals surface area contributed by atoms with Crippen molar-refractivity contribution in [1.82, 2.24) is 10.3 Å². The van der Waals surface area contributed by atoms with Crippen LogP contribution in [0.25, 0.3) is 0 Å². The van der Waals surface area contributed by atoms with E-state index in [1.807, 2.05) is 18.3 Å². The largest absolute Gasteiger partial charge is 0.384 e. The Morgan fingerprint density at radius 3 is 3.00 bits per heavy atom. The molecule has 1 aromatic rings. The minimum Gasteiger partial charge on any atom is -0.384 e. The average Bonchev–Trinajstić information content (AvgIpc) is 2.68. The molecule has 1 saturated heterocycles. The molecule has 0 spiro atoms. The molecule has 0 aliphatic carbocycles. The first-order chi connectivity index (χ1) is 6.92. The van der Waals surface area contributed by atoms with Gasteiger partial charge in [-0.2, -0.15) is 0 Å². The van der Waals surface area contributed by atoms with Crippen LogP contribution in [0.4, 0.5) is 0 Å². The summed E-state index contributed by atoms with van der Waals surface area (Å²) >= 11 is 0. The Kier molecular flexibility index (Phi) is 5.02. The lowest BCUT2D eigenvalue weighted by atomic mass is 9.93. The van der Waals surface area contributed by atoms with Gasteiger partial charge in [0.15, 0.2) is 0 Å². The van der Waals surface area contributed by atoms with Gasteiger partial charge in [-0.3, -0.25) is 4.98 Å². The van der Waals surface area contributed by atoms with Crippen molar-refractivity contribution in [3.8, 4) is 0 Å². The van der Waals surface area contributed by atoms with Crippen molar-refractivity contribution >= 4 is 12.4 Å². The van der Waals surface area contributed by atoms with E-state index in [0.717, 1.165) is 19.7 Å². The van der Waals surface area contributed by atoms with Gasteiger partial charge in [-0.1, -0.05) is 6.07 Å². The topological polar surface area (TPSA) is 34.1 Å². The zero-order valence-electron chi connectivity index (χ0n) is 8.85. The summed E-state index contributed by atoms with van der Waals surface area (Å²) in [6.45, 7) is 2.87. The maximum absolute atomic E-state index is 5.21. The molecule has 3 nitrogen and oxygen atoms in total. The number of rotatable bonds is 3. The van der Waals surface area contributed by atoms with E-state index in [0.29, 0.717) is 11.8 Å². The van der Waals surface area contributed by atoms with Crippen LogP contribution in [0, 0.1) is 5.92 Å². The fraction of sp³-hybridized carbons (Fsp3) is 0.545. The molecule has 0 unspecified atom stereocenters. The third-order valence-electron chi connectivity index (χ3n) is 2.79. The summed E-state index contributed by atoms with van der Waals surface area (Å²) in [5, 5.41) is 3.39. The maximum atomic E-state index is 5.21. The number of methoxy groups -OCH3 is 1. The predicted octanol–water partition coefficient (Wildman–Crippen LogP) is 1.45. The number of hydrogen-bond acceptors (Lipinski definition) is 3. The number of pyridine rings is 1. The summed E-state index contributed by atoms with van der Waals surface area (Å²) in [5.74, 6) is 1.08. The number of halogens is 1. The summed E-state index contributed by atoms with van der Waals surface area (Å²) in [6.07, 6.45) is 1.86. The van der Waals surface area contributed by atoms with Gasteiger partial charge in [0.1, 0.15) is 0 Å². The minimum absolute atomic E-state index is 0. The molecule has 4 heteroatoms. The Hall–Kier alpha value is -0.640. The van der Waals surface area contributed by atoms with Crippen LogP contribution in [0.2, 0.25) is 0 Å². The Balaban J connectivity index is 0.00000112. The summed E-state index contributed by atoms with van der Waals surface area (Å²) in [5.41, 5.74) is 1.18. The molecule has 0 bridgehead atoms. The first kappa shape index (κ1) is 12.4. The first-order valence-corrected chi connectivity index (χ1v) is 5.02. The monoisotopic (exact) mass is 228 g/mol. The molecule has 1 N–H and O–H groups in total. The molecule has 1 fully saturated rings. The van der Waals surface area contributed by atoms with Crippen molar-refractivity contribution in [2.75, 3.05) is 26.8 Å². The van der Waals surface area contributed by atoms with E-state index in [2.05, 4.69) is 16.4 Å². The van der Waals surface area contributed by atoms with Crippen molar-refractivity contribution in [2.24, 2.45) is 5.92 Å². The lowest BCUT2D eigenvalue weighted by Gasteiger charge is -2.16. The molecule has 0 amide bonds. The van der Waals surface area contributed by atoms with Gasteiger partial charge in [-0.15, -0.1) is 12.4 Å². The Morgan fingerprint density at radius 2 is 2.33 bits per heavy atom. The standard InChI is InChI=1S/C11H16N2O.ClH/c1-14-8-9-6-12-7-10(9)11-4-2-3-5-13-11;/h2-5,9-10,12H,6-8H2,1H3;1H/t9-,10+;/m0./s1. The van der Waals surface area contributed by atoms with E-state index in [4.69, 9.17) is 4.74 Å². The van der Waals surface area contributed by atoms with Gasteiger partial charge in [0.2, 0.25) is 0 Å². The van der Waals surface area contributed by atoms with Gasteiger partial charge in [0, 0.05) is 43.9 Å². The fourth-order valence-corrected chi connectivity index (χ4v) is 2.06. The molecule has 1 aliphatic heterocycles. The van der Waals surface area contributed by atoms with Gasteiger partial charge in [0.25, 0.3) is 0 Å². The Labute approximate surface area is 96.7 Å². The van der Waals surface area contributed by atoms with Crippen molar-refractivity contribution in [3.63, 3.8) is 0 Å². The second-order valence-electron chi connectivity index (χ2n) is 3.73. The van der Waals surface area contributed by atoms with Crippen molar-refractivity contribution in [1.29, 1.82) is 0 Å². The second kappa shape index (κ2) is 6.05. The molecule has 0 radical (unpaired) electrons. The van der Waals surface area contributed by atoms with Gasteiger partial charge >= 0.3 is 0 Å². The number of nitrogens with zero attached hydrogens (tertiary/aromatic N) is 1. The zero-order chi connectivity index (χ0) is 9.80. The van der Waals surface area contributed by atoms with Crippen LogP contribution >= 0.6 is 12.4 Å². The zero-order valence-corrected chi connectivity index (χ0v) is 9.67. The van der Waals surface area contributed by atoms with Crippen LogP contribution in [-0.2, 0) is 4.74 Å². The third kappa shape index (κ3) is 2.91. The fourth-order valence-electron chi connectivity index (χ4n) is 2.06. The molecule has 2 atom stereocenters. The van der Waals surface area contributed by atoms with E-state index >= 15 is 0 Å². The first-order valence-electron chi connectivity index (χ1n) is 5.02. The summed E-state index contributed by atoms with van der Waals surface area (Å²) < 4.78 is 5.21.